The first-order chi connectivity index (χ1) is 9.11. The first-order valence-corrected chi connectivity index (χ1v) is 6.18. The standard InChI is InChI=1S/C13H16ClN3O2/c1-19-9-8-17(7-3-6-15)13(18)10-4-2-5-11(16)12(10)14/h2,4-5H,3,7-9,16H2,1H3. The number of benzene rings is 1. The molecule has 1 aromatic rings. The number of hydrogen-bond donors (Lipinski definition) is 1. The van der Waals surface area contributed by atoms with Gasteiger partial charge in [0.15, 0.2) is 0 Å². The van der Waals surface area contributed by atoms with Gasteiger partial charge in [0.2, 0.25) is 0 Å². The first-order valence-electron chi connectivity index (χ1n) is 5.81. The maximum Gasteiger partial charge on any atom is 0.255 e. The molecule has 0 fully saturated rings. The molecule has 0 spiro atoms. The molecular weight excluding hydrogens is 266 g/mol. The Morgan fingerprint density at radius 3 is 2.89 bits per heavy atom. The van der Waals surface area contributed by atoms with E-state index in [-0.39, 0.29) is 17.4 Å². The number of carbonyl (C=O) groups is 1. The summed E-state index contributed by atoms with van der Waals surface area (Å²) in [6, 6.07) is 6.94. The fourth-order valence-electron chi connectivity index (χ4n) is 1.59. The van der Waals surface area contributed by atoms with Crippen LogP contribution in [0.25, 0.3) is 0 Å². The van der Waals surface area contributed by atoms with Crippen LogP contribution in [0.2, 0.25) is 5.02 Å². The number of halogens is 1. The molecule has 1 aromatic carbocycles. The lowest BCUT2D eigenvalue weighted by molar-refractivity contribution is 0.0700. The van der Waals surface area contributed by atoms with E-state index in [4.69, 9.17) is 27.3 Å². The van der Waals surface area contributed by atoms with Crippen LogP contribution in [-0.2, 0) is 4.74 Å². The largest absolute Gasteiger partial charge is 0.398 e. The van der Waals surface area contributed by atoms with Crippen molar-refractivity contribution < 1.29 is 9.53 Å². The van der Waals surface area contributed by atoms with Gasteiger partial charge >= 0.3 is 0 Å². The fraction of sp³-hybridized carbons (Fsp3) is 0.385. The maximum atomic E-state index is 12.4. The lowest BCUT2D eigenvalue weighted by Crippen LogP contribution is -2.35. The van der Waals surface area contributed by atoms with E-state index in [0.29, 0.717) is 30.9 Å². The van der Waals surface area contributed by atoms with Crippen LogP contribution in [0.4, 0.5) is 5.69 Å². The molecule has 0 saturated carbocycles. The van der Waals surface area contributed by atoms with E-state index >= 15 is 0 Å². The van der Waals surface area contributed by atoms with Crippen LogP contribution < -0.4 is 5.73 Å². The monoisotopic (exact) mass is 281 g/mol. The van der Waals surface area contributed by atoms with Crippen molar-refractivity contribution in [3.63, 3.8) is 0 Å². The summed E-state index contributed by atoms with van der Waals surface area (Å²) in [6.45, 7) is 1.14. The van der Waals surface area contributed by atoms with Gasteiger partial charge in [-0.2, -0.15) is 5.26 Å². The molecule has 5 nitrogen and oxygen atoms in total. The number of nitriles is 1. The van der Waals surface area contributed by atoms with Gasteiger partial charge in [-0.15, -0.1) is 0 Å². The van der Waals surface area contributed by atoms with E-state index in [9.17, 15) is 4.79 Å². The molecule has 102 valence electrons. The summed E-state index contributed by atoms with van der Waals surface area (Å²) < 4.78 is 4.96. The minimum Gasteiger partial charge on any atom is -0.398 e. The number of hydrogen-bond acceptors (Lipinski definition) is 4. The number of rotatable bonds is 6. The Hall–Kier alpha value is -1.77. The second-order valence-electron chi connectivity index (χ2n) is 3.90. The molecule has 19 heavy (non-hydrogen) atoms. The number of amides is 1. The van der Waals surface area contributed by atoms with E-state index in [0.717, 1.165) is 0 Å². The Bertz CT molecular complexity index is 485. The topological polar surface area (TPSA) is 79.3 Å². The van der Waals surface area contributed by atoms with Crippen molar-refractivity contribution in [3.8, 4) is 6.07 Å². The number of nitrogens with zero attached hydrogens (tertiary/aromatic N) is 2. The van der Waals surface area contributed by atoms with Crippen molar-refractivity contribution in [3.05, 3.63) is 28.8 Å². The number of anilines is 1. The predicted molar refractivity (Wildman–Crippen MR) is 73.9 cm³/mol. The Labute approximate surface area is 117 Å². The van der Waals surface area contributed by atoms with E-state index < -0.39 is 0 Å². The SMILES string of the molecule is COCCN(CCC#N)C(=O)c1cccc(N)c1Cl. The van der Waals surface area contributed by atoms with E-state index in [1.807, 2.05) is 6.07 Å². The molecule has 0 aromatic heterocycles. The minimum atomic E-state index is -0.246. The summed E-state index contributed by atoms with van der Waals surface area (Å²) in [4.78, 5) is 13.9. The van der Waals surface area contributed by atoms with Crippen LogP contribution in [0.3, 0.4) is 0 Å². The van der Waals surface area contributed by atoms with Crippen LogP contribution in [0.15, 0.2) is 18.2 Å². The molecule has 1 rings (SSSR count). The average Bonchev–Trinajstić information content (AvgIpc) is 2.41. The van der Waals surface area contributed by atoms with Gasteiger partial charge < -0.3 is 15.4 Å². The Morgan fingerprint density at radius 1 is 1.53 bits per heavy atom. The third-order valence-electron chi connectivity index (χ3n) is 2.61. The lowest BCUT2D eigenvalue weighted by Gasteiger charge is -2.22. The van der Waals surface area contributed by atoms with Crippen LogP contribution >= 0.6 is 11.6 Å². The third-order valence-corrected chi connectivity index (χ3v) is 3.03. The van der Waals surface area contributed by atoms with Crippen molar-refractivity contribution in [1.82, 2.24) is 4.90 Å². The van der Waals surface area contributed by atoms with Gasteiger partial charge in [0.1, 0.15) is 0 Å². The van der Waals surface area contributed by atoms with Crippen LogP contribution in [0.5, 0.6) is 0 Å². The highest BCUT2D eigenvalue weighted by Crippen LogP contribution is 2.24. The van der Waals surface area contributed by atoms with Gasteiger partial charge in [-0.05, 0) is 12.1 Å². The van der Waals surface area contributed by atoms with Crippen molar-refractivity contribution in [2.24, 2.45) is 0 Å². The van der Waals surface area contributed by atoms with Gasteiger partial charge in [-0.25, -0.2) is 0 Å². The molecule has 0 unspecified atom stereocenters. The summed E-state index contributed by atoms with van der Waals surface area (Å²) in [5, 5.41) is 8.87. The van der Waals surface area contributed by atoms with E-state index in [2.05, 4.69) is 0 Å². The van der Waals surface area contributed by atoms with Crippen molar-refractivity contribution >= 4 is 23.2 Å². The van der Waals surface area contributed by atoms with Crippen molar-refractivity contribution in [1.29, 1.82) is 5.26 Å². The zero-order valence-corrected chi connectivity index (χ0v) is 11.5. The first kappa shape index (κ1) is 15.3. The second kappa shape index (κ2) is 7.62. The Balaban J connectivity index is 2.91. The quantitative estimate of drug-likeness (QED) is 0.808. The highest BCUT2D eigenvalue weighted by Gasteiger charge is 2.18. The Kier molecular flexibility index (Phi) is 6.13. The molecular formula is C13H16ClN3O2. The smallest absolute Gasteiger partial charge is 0.255 e. The Morgan fingerprint density at radius 2 is 2.26 bits per heavy atom. The highest BCUT2D eigenvalue weighted by molar-refractivity contribution is 6.36. The zero-order chi connectivity index (χ0) is 14.3. The van der Waals surface area contributed by atoms with Crippen LogP contribution in [0, 0.1) is 11.3 Å². The van der Waals surface area contributed by atoms with Gasteiger partial charge in [0, 0.05) is 20.2 Å². The molecule has 0 radical (unpaired) electrons. The molecule has 0 bridgehead atoms. The molecule has 0 aliphatic rings. The molecule has 0 aliphatic heterocycles. The summed E-state index contributed by atoms with van der Waals surface area (Å²) in [7, 11) is 1.56. The number of nitrogens with two attached hydrogens (primary N) is 1. The maximum absolute atomic E-state index is 12.4. The summed E-state index contributed by atoms with van der Waals surface area (Å²) in [5.74, 6) is -0.246. The summed E-state index contributed by atoms with van der Waals surface area (Å²) in [5.41, 5.74) is 6.38. The number of carbonyl (C=O) groups excluding carboxylic acids is 1. The zero-order valence-electron chi connectivity index (χ0n) is 10.7. The molecule has 0 aliphatic carbocycles. The molecule has 0 saturated heterocycles. The van der Waals surface area contributed by atoms with Gasteiger partial charge in [0.25, 0.3) is 5.91 Å². The number of nitrogen functional groups attached to an aromatic ring is 1. The average molecular weight is 282 g/mol. The lowest BCUT2D eigenvalue weighted by atomic mass is 10.1. The van der Waals surface area contributed by atoms with Crippen LogP contribution in [0.1, 0.15) is 16.8 Å². The van der Waals surface area contributed by atoms with Gasteiger partial charge in [-0.1, -0.05) is 17.7 Å². The normalized spacial score (nSPS) is 9.95. The molecule has 0 atom stereocenters. The predicted octanol–water partition coefficient (Wildman–Crippen LogP) is 1.92. The molecule has 2 N–H and O–H groups in total. The van der Waals surface area contributed by atoms with Crippen molar-refractivity contribution in [2.45, 2.75) is 6.42 Å². The summed E-state index contributed by atoms with van der Waals surface area (Å²) in [6.07, 6.45) is 0.259. The van der Waals surface area contributed by atoms with Crippen LogP contribution in [-0.4, -0.2) is 37.6 Å². The molecule has 0 heterocycles. The van der Waals surface area contributed by atoms with Crippen molar-refractivity contribution in [2.75, 3.05) is 32.5 Å². The van der Waals surface area contributed by atoms with E-state index in [1.165, 1.54) is 4.90 Å². The van der Waals surface area contributed by atoms with E-state index in [1.54, 1.807) is 25.3 Å². The minimum absolute atomic E-state index is 0.242. The number of methoxy groups -OCH3 is 1. The number of ether oxygens (including phenoxy) is 1. The molecule has 6 heteroatoms. The molecule has 1 amide bonds. The van der Waals surface area contributed by atoms with Gasteiger partial charge in [0.05, 0.1) is 35.4 Å². The highest BCUT2D eigenvalue weighted by atomic mass is 35.5. The third kappa shape index (κ3) is 4.12. The fourth-order valence-corrected chi connectivity index (χ4v) is 1.79. The summed E-state index contributed by atoms with van der Waals surface area (Å²) >= 11 is 6.03. The second-order valence-corrected chi connectivity index (χ2v) is 4.28. The van der Waals surface area contributed by atoms with Gasteiger partial charge in [-0.3, -0.25) is 4.79 Å².